The Hall–Kier alpha value is -3.18. The Morgan fingerprint density at radius 1 is 0.409 bits per heavy atom. The van der Waals surface area contributed by atoms with Gasteiger partial charge in [-0.25, -0.2) is 0 Å². The molecule has 0 heterocycles. The minimum Gasteiger partial charge on any atom is -0.507 e. The quantitative estimate of drug-likeness (QED) is 0.180. The highest BCUT2D eigenvalue weighted by Gasteiger charge is 2.46. The molecular formula is C35H48O9. The molecule has 0 unspecified atom stereocenters. The van der Waals surface area contributed by atoms with E-state index in [2.05, 4.69) is 20.8 Å². The van der Waals surface area contributed by atoms with E-state index in [1.807, 2.05) is 36.4 Å². The number of phenolic OH excluding ortho intramolecular Hbond substituents is 3. The second kappa shape index (κ2) is 15.2. The largest absolute Gasteiger partial charge is 0.507 e. The maximum Gasteiger partial charge on any atom is 0.126 e. The maximum atomic E-state index is 11.1. The van der Waals surface area contributed by atoms with E-state index in [-0.39, 0.29) is 56.9 Å². The number of hydrogen-bond donors (Lipinski definition) is 3. The van der Waals surface area contributed by atoms with Crippen LogP contribution >= 0.6 is 0 Å². The molecule has 0 radical (unpaired) electrons. The van der Waals surface area contributed by atoms with Crippen LogP contribution < -0.4 is 0 Å². The molecule has 0 saturated carbocycles. The third kappa shape index (κ3) is 6.88. The van der Waals surface area contributed by atoms with Crippen LogP contribution in [0.3, 0.4) is 0 Å². The Morgan fingerprint density at radius 3 is 0.818 bits per heavy atom. The van der Waals surface area contributed by atoms with Crippen LogP contribution in [-0.4, -0.2) is 58.0 Å². The number of phenols is 3. The Morgan fingerprint density at radius 2 is 0.614 bits per heavy atom. The van der Waals surface area contributed by atoms with Crippen molar-refractivity contribution in [2.75, 3.05) is 42.7 Å². The van der Waals surface area contributed by atoms with Gasteiger partial charge in [-0.2, -0.15) is 0 Å². The molecule has 0 amide bonds. The molecule has 0 aliphatic heterocycles. The van der Waals surface area contributed by atoms with Crippen molar-refractivity contribution in [3.63, 3.8) is 0 Å². The molecular weight excluding hydrogens is 564 g/mol. The van der Waals surface area contributed by atoms with Gasteiger partial charge in [0.05, 0.1) is 39.6 Å². The maximum absolute atomic E-state index is 11.1. The number of methoxy groups -OCH3 is 6. The first-order valence-electron chi connectivity index (χ1n) is 14.4. The molecule has 9 heteroatoms. The summed E-state index contributed by atoms with van der Waals surface area (Å²) in [6, 6.07) is 11.8. The van der Waals surface area contributed by atoms with Crippen LogP contribution in [0.15, 0.2) is 36.4 Å². The molecule has 242 valence electrons. The molecule has 0 aliphatic rings. The second-order valence-corrected chi connectivity index (χ2v) is 11.8. The number of hydrogen-bond acceptors (Lipinski definition) is 9. The first-order chi connectivity index (χ1) is 20.9. The molecule has 44 heavy (non-hydrogen) atoms. The number of rotatable bonds is 16. The van der Waals surface area contributed by atoms with Crippen molar-refractivity contribution in [1.82, 2.24) is 0 Å². The van der Waals surface area contributed by atoms with Gasteiger partial charge in [0.15, 0.2) is 0 Å². The lowest BCUT2D eigenvalue weighted by molar-refractivity contribution is 0.172. The van der Waals surface area contributed by atoms with E-state index >= 15 is 0 Å². The van der Waals surface area contributed by atoms with Crippen molar-refractivity contribution in [2.24, 2.45) is 0 Å². The van der Waals surface area contributed by atoms with E-state index in [0.29, 0.717) is 33.4 Å². The van der Waals surface area contributed by atoms with Crippen LogP contribution in [0.2, 0.25) is 0 Å². The van der Waals surface area contributed by atoms with Crippen molar-refractivity contribution in [1.29, 1.82) is 0 Å². The monoisotopic (exact) mass is 612 g/mol. The van der Waals surface area contributed by atoms with Gasteiger partial charge in [0, 0.05) is 86.9 Å². The van der Waals surface area contributed by atoms with Crippen LogP contribution in [0.4, 0.5) is 0 Å². The first kappa shape index (κ1) is 35.3. The fourth-order valence-electron chi connectivity index (χ4n) is 5.99. The van der Waals surface area contributed by atoms with Gasteiger partial charge < -0.3 is 43.7 Å². The van der Waals surface area contributed by atoms with E-state index in [9.17, 15) is 15.3 Å². The van der Waals surface area contributed by atoms with Crippen molar-refractivity contribution < 1.29 is 43.7 Å². The third-order valence-electron chi connectivity index (χ3n) is 8.73. The van der Waals surface area contributed by atoms with E-state index in [1.165, 1.54) is 0 Å². The Kier molecular flexibility index (Phi) is 12.2. The molecule has 0 aliphatic carbocycles. The van der Waals surface area contributed by atoms with Gasteiger partial charge >= 0.3 is 0 Å². The molecule has 0 saturated heterocycles. The number of benzene rings is 3. The summed E-state index contributed by atoms with van der Waals surface area (Å²) >= 11 is 0. The van der Waals surface area contributed by atoms with E-state index in [4.69, 9.17) is 28.4 Å². The van der Waals surface area contributed by atoms with Gasteiger partial charge in [-0.05, 0) is 53.1 Å². The van der Waals surface area contributed by atoms with Crippen LogP contribution in [0, 0.1) is 0 Å². The highest BCUT2D eigenvalue weighted by atomic mass is 16.5. The summed E-state index contributed by atoms with van der Waals surface area (Å²) in [6.45, 7) is 7.65. The average molecular weight is 613 g/mol. The smallest absolute Gasteiger partial charge is 0.126 e. The summed E-state index contributed by atoms with van der Waals surface area (Å²) in [5, 5.41) is 33.3. The third-order valence-corrected chi connectivity index (χ3v) is 8.73. The fourth-order valence-corrected chi connectivity index (χ4v) is 5.99. The molecule has 0 aromatic heterocycles. The van der Waals surface area contributed by atoms with E-state index in [1.54, 1.807) is 42.7 Å². The summed E-state index contributed by atoms with van der Waals surface area (Å²) in [7, 11) is 9.53. The van der Waals surface area contributed by atoms with Gasteiger partial charge in [0.25, 0.3) is 0 Å². The summed E-state index contributed by atoms with van der Waals surface area (Å²) in [6.07, 6.45) is 0. The van der Waals surface area contributed by atoms with Crippen LogP contribution in [0.5, 0.6) is 17.2 Å². The topological polar surface area (TPSA) is 116 Å². The Balaban J connectivity index is 2.51. The lowest BCUT2D eigenvalue weighted by Crippen LogP contribution is -2.44. The molecule has 0 bridgehead atoms. The average Bonchev–Trinajstić information content (AvgIpc) is 2.99. The molecule has 9 nitrogen and oxygen atoms in total. The van der Waals surface area contributed by atoms with Gasteiger partial charge in [-0.15, -0.1) is 0 Å². The van der Waals surface area contributed by atoms with Crippen molar-refractivity contribution in [3.05, 3.63) is 86.5 Å². The lowest BCUT2D eigenvalue weighted by Gasteiger charge is -2.47. The highest BCUT2D eigenvalue weighted by molar-refractivity contribution is 5.57. The number of ether oxygens (including phenoxy) is 6. The SMILES string of the molecule is COCc1cc(C(C)(C)C(C)(c2cc(COC)c(O)c(COC)c2)c2cc(COC)c(O)c(COC)c2)cc(COC)c1O. The fraction of sp³-hybridized carbons (Fsp3) is 0.486. The van der Waals surface area contributed by atoms with Crippen molar-refractivity contribution in [3.8, 4) is 17.2 Å². The Bertz CT molecular complexity index is 1270. The molecule has 3 N–H and O–H groups in total. The first-order valence-corrected chi connectivity index (χ1v) is 14.4. The molecule has 0 fully saturated rings. The minimum absolute atomic E-state index is 0.123. The molecule has 3 rings (SSSR count). The predicted octanol–water partition coefficient (Wildman–Crippen LogP) is 5.97. The summed E-state index contributed by atoms with van der Waals surface area (Å²) in [5.74, 6) is 0.384. The van der Waals surface area contributed by atoms with Gasteiger partial charge in [-0.3, -0.25) is 0 Å². The van der Waals surface area contributed by atoms with Crippen LogP contribution in [0.1, 0.15) is 70.8 Å². The second-order valence-electron chi connectivity index (χ2n) is 11.8. The highest BCUT2D eigenvalue weighted by Crippen LogP contribution is 2.52. The predicted molar refractivity (Wildman–Crippen MR) is 168 cm³/mol. The molecule has 3 aromatic carbocycles. The zero-order chi connectivity index (χ0) is 32.7. The summed E-state index contributed by atoms with van der Waals surface area (Å²) in [4.78, 5) is 0. The Labute approximate surface area is 261 Å². The minimum atomic E-state index is -0.810. The van der Waals surface area contributed by atoms with E-state index in [0.717, 1.165) is 16.7 Å². The van der Waals surface area contributed by atoms with Crippen molar-refractivity contribution >= 4 is 0 Å². The normalized spacial score (nSPS) is 12.2. The van der Waals surface area contributed by atoms with Crippen molar-refractivity contribution in [2.45, 2.75) is 71.2 Å². The van der Waals surface area contributed by atoms with Gasteiger partial charge in [-0.1, -0.05) is 20.8 Å². The van der Waals surface area contributed by atoms with Crippen LogP contribution in [0.25, 0.3) is 0 Å². The zero-order valence-electron chi connectivity index (χ0n) is 27.5. The summed E-state index contributed by atoms with van der Waals surface area (Å²) in [5.41, 5.74) is 5.01. The molecule has 0 spiro atoms. The lowest BCUT2D eigenvalue weighted by atomic mass is 9.56. The molecule has 3 aromatic rings. The van der Waals surface area contributed by atoms with Gasteiger partial charge in [0.1, 0.15) is 17.2 Å². The standard InChI is InChI=1S/C35H48O9/c1-34(2,28-10-22(16-39-4)31(36)23(11-28)17-40-5)35(3,29-12-24(18-41-6)32(37)25(13-29)19-42-7)30-14-26(20-43-8)33(38)27(15-30)21-44-9/h10-15,36-38H,16-21H2,1-9H3. The number of aromatic hydroxyl groups is 3. The zero-order valence-corrected chi connectivity index (χ0v) is 27.5. The van der Waals surface area contributed by atoms with E-state index < -0.39 is 10.8 Å². The summed E-state index contributed by atoms with van der Waals surface area (Å²) < 4.78 is 32.8. The van der Waals surface area contributed by atoms with Gasteiger partial charge in [0.2, 0.25) is 0 Å². The molecule has 0 atom stereocenters. The van der Waals surface area contributed by atoms with Crippen LogP contribution in [-0.2, 0) is 78.9 Å².